The van der Waals surface area contributed by atoms with Gasteiger partial charge in [0.25, 0.3) is 0 Å². The Bertz CT molecular complexity index is 1030. The second kappa shape index (κ2) is 8.41. The van der Waals surface area contributed by atoms with Crippen LogP contribution in [0.25, 0.3) is 0 Å². The molecule has 0 aliphatic rings. The lowest BCUT2D eigenvalue weighted by atomic mass is 9.92. The molecule has 4 aromatic rings. The summed E-state index contributed by atoms with van der Waals surface area (Å²) in [5, 5.41) is 8.73. The molecule has 0 saturated heterocycles. The third-order valence-electron chi connectivity index (χ3n) is 5.13. The molecule has 0 fully saturated rings. The highest BCUT2D eigenvalue weighted by molar-refractivity contribution is 5.29. The average Bonchev–Trinajstić information content (AvgIpc) is 3.25. The van der Waals surface area contributed by atoms with Gasteiger partial charge in [0.15, 0.2) is 0 Å². The Labute approximate surface area is 171 Å². The summed E-state index contributed by atoms with van der Waals surface area (Å²) in [5.74, 6) is 1.04. The van der Waals surface area contributed by atoms with E-state index in [-0.39, 0.29) is 5.92 Å². The van der Waals surface area contributed by atoms with Gasteiger partial charge in [-0.05, 0) is 36.5 Å². The monoisotopic (exact) mass is 383 g/mol. The van der Waals surface area contributed by atoms with Crippen LogP contribution in [0.3, 0.4) is 0 Å². The number of hydrogen-bond acceptors (Lipinski definition) is 4. The predicted molar refractivity (Wildman–Crippen MR) is 114 cm³/mol. The second-order valence-electron chi connectivity index (χ2n) is 7.68. The van der Waals surface area contributed by atoms with Crippen molar-refractivity contribution in [3.8, 4) is 0 Å². The number of nitrogens with zero attached hydrogens (tertiary/aromatic N) is 2. The van der Waals surface area contributed by atoms with E-state index in [1.54, 1.807) is 0 Å². The van der Waals surface area contributed by atoms with Crippen LogP contribution in [0.15, 0.2) is 95.4 Å². The van der Waals surface area contributed by atoms with E-state index in [1.165, 1.54) is 5.56 Å². The van der Waals surface area contributed by atoms with E-state index in [0.717, 1.165) is 17.5 Å². The zero-order chi connectivity index (χ0) is 20.1. The van der Waals surface area contributed by atoms with E-state index >= 15 is 0 Å². The topological polar surface area (TPSA) is 64.9 Å². The summed E-state index contributed by atoms with van der Waals surface area (Å²) in [6.45, 7) is 1.94. The summed E-state index contributed by atoms with van der Waals surface area (Å²) in [6, 6.07) is 30.8. The van der Waals surface area contributed by atoms with Gasteiger partial charge in [-0.2, -0.15) is 0 Å². The summed E-state index contributed by atoms with van der Waals surface area (Å²) in [5.41, 5.74) is 9.35. The molecule has 3 aromatic carbocycles. The summed E-state index contributed by atoms with van der Waals surface area (Å²) in [4.78, 5) is 0. The first kappa shape index (κ1) is 19.1. The molecule has 4 nitrogen and oxygen atoms in total. The van der Waals surface area contributed by atoms with Crippen molar-refractivity contribution in [2.45, 2.75) is 31.2 Å². The zero-order valence-electron chi connectivity index (χ0n) is 16.5. The van der Waals surface area contributed by atoms with Crippen molar-refractivity contribution in [2.24, 2.45) is 5.73 Å². The minimum Gasteiger partial charge on any atom is -0.423 e. The Balaban J connectivity index is 1.63. The van der Waals surface area contributed by atoms with Gasteiger partial charge in [-0.25, -0.2) is 0 Å². The van der Waals surface area contributed by atoms with Crippen LogP contribution in [0.4, 0.5) is 0 Å². The Morgan fingerprint density at radius 1 is 0.793 bits per heavy atom. The standard InChI is InChI=1S/C25H25N3O/c1-25(26,18-20-13-7-3-8-14-20)24-28-27-23(29-24)22(21-15-9-4-10-16-21)17-19-11-5-2-6-12-19/h2-16,22H,17-18,26H2,1H3/t22?,25-/m1/s1. The van der Waals surface area contributed by atoms with Crippen molar-refractivity contribution in [1.29, 1.82) is 0 Å². The molecule has 4 heteroatoms. The molecule has 1 unspecified atom stereocenters. The molecule has 0 bridgehead atoms. The van der Waals surface area contributed by atoms with Gasteiger partial charge in [0.05, 0.1) is 11.5 Å². The Hall–Kier alpha value is -3.24. The van der Waals surface area contributed by atoms with Gasteiger partial charge in [-0.15, -0.1) is 10.2 Å². The molecule has 0 radical (unpaired) electrons. The number of benzene rings is 3. The average molecular weight is 383 g/mol. The zero-order valence-corrected chi connectivity index (χ0v) is 16.5. The molecular weight excluding hydrogens is 358 g/mol. The highest BCUT2D eigenvalue weighted by Gasteiger charge is 2.30. The number of rotatable bonds is 7. The Morgan fingerprint density at radius 2 is 1.34 bits per heavy atom. The quantitative estimate of drug-likeness (QED) is 0.495. The lowest BCUT2D eigenvalue weighted by molar-refractivity contribution is 0.330. The van der Waals surface area contributed by atoms with Crippen molar-refractivity contribution >= 4 is 0 Å². The molecule has 0 saturated carbocycles. The van der Waals surface area contributed by atoms with Gasteiger partial charge in [-0.1, -0.05) is 91.0 Å². The van der Waals surface area contributed by atoms with Crippen molar-refractivity contribution < 1.29 is 4.42 Å². The predicted octanol–water partition coefficient (Wildman–Crippen LogP) is 4.86. The minimum atomic E-state index is -0.736. The van der Waals surface area contributed by atoms with Gasteiger partial charge < -0.3 is 10.2 Å². The van der Waals surface area contributed by atoms with Gasteiger partial charge in [0.2, 0.25) is 11.8 Å². The maximum absolute atomic E-state index is 6.58. The molecule has 0 spiro atoms. The third kappa shape index (κ3) is 4.61. The molecule has 0 aliphatic carbocycles. The van der Waals surface area contributed by atoms with Crippen LogP contribution in [-0.4, -0.2) is 10.2 Å². The summed E-state index contributed by atoms with van der Waals surface area (Å²) in [7, 11) is 0. The first-order chi connectivity index (χ1) is 14.1. The first-order valence-corrected chi connectivity index (χ1v) is 9.87. The summed E-state index contributed by atoms with van der Waals surface area (Å²) in [6.07, 6.45) is 1.41. The number of nitrogens with two attached hydrogens (primary N) is 1. The van der Waals surface area contributed by atoms with Crippen LogP contribution in [0.5, 0.6) is 0 Å². The normalized spacial score (nSPS) is 14.3. The molecule has 0 aliphatic heterocycles. The molecule has 0 amide bonds. The summed E-state index contributed by atoms with van der Waals surface area (Å²) >= 11 is 0. The van der Waals surface area contributed by atoms with E-state index in [1.807, 2.05) is 61.5 Å². The Kier molecular flexibility index (Phi) is 5.54. The fraction of sp³-hybridized carbons (Fsp3) is 0.200. The molecule has 4 rings (SSSR count). The van der Waals surface area contributed by atoms with E-state index in [2.05, 4.69) is 46.6 Å². The number of hydrogen-bond donors (Lipinski definition) is 1. The van der Waals surface area contributed by atoms with Gasteiger partial charge >= 0.3 is 0 Å². The molecule has 1 heterocycles. The molecule has 146 valence electrons. The maximum atomic E-state index is 6.58. The highest BCUT2D eigenvalue weighted by atomic mass is 16.4. The maximum Gasteiger partial charge on any atom is 0.236 e. The van der Waals surface area contributed by atoms with Crippen molar-refractivity contribution in [3.63, 3.8) is 0 Å². The van der Waals surface area contributed by atoms with E-state index in [0.29, 0.717) is 18.2 Å². The van der Waals surface area contributed by atoms with Crippen LogP contribution in [0.1, 0.15) is 41.3 Å². The lowest BCUT2D eigenvalue weighted by Crippen LogP contribution is -2.35. The van der Waals surface area contributed by atoms with E-state index in [4.69, 9.17) is 10.2 Å². The van der Waals surface area contributed by atoms with Gasteiger partial charge in [0, 0.05) is 0 Å². The smallest absolute Gasteiger partial charge is 0.236 e. The SMILES string of the molecule is C[C@@](N)(Cc1ccccc1)c1nnc(C(Cc2ccccc2)c2ccccc2)o1. The minimum absolute atomic E-state index is 0.0209. The van der Waals surface area contributed by atoms with Crippen LogP contribution in [0.2, 0.25) is 0 Å². The fourth-order valence-corrected chi connectivity index (χ4v) is 3.58. The van der Waals surface area contributed by atoms with Crippen molar-refractivity contribution in [1.82, 2.24) is 10.2 Å². The van der Waals surface area contributed by atoms with E-state index < -0.39 is 5.54 Å². The van der Waals surface area contributed by atoms with Crippen LogP contribution >= 0.6 is 0 Å². The molecule has 1 aromatic heterocycles. The molecule has 2 atom stereocenters. The third-order valence-corrected chi connectivity index (χ3v) is 5.13. The molecular formula is C25H25N3O. The van der Waals surface area contributed by atoms with Gasteiger partial charge in [-0.3, -0.25) is 0 Å². The lowest BCUT2D eigenvalue weighted by Gasteiger charge is -2.20. The van der Waals surface area contributed by atoms with E-state index in [9.17, 15) is 0 Å². The van der Waals surface area contributed by atoms with Crippen molar-refractivity contribution in [2.75, 3.05) is 0 Å². The molecule has 29 heavy (non-hydrogen) atoms. The second-order valence-corrected chi connectivity index (χ2v) is 7.68. The number of aromatic nitrogens is 2. The van der Waals surface area contributed by atoms with Crippen LogP contribution < -0.4 is 5.73 Å². The Morgan fingerprint density at radius 3 is 1.97 bits per heavy atom. The highest BCUT2D eigenvalue weighted by Crippen LogP contribution is 2.30. The molecule has 2 N–H and O–H groups in total. The van der Waals surface area contributed by atoms with Gasteiger partial charge in [0.1, 0.15) is 0 Å². The summed E-state index contributed by atoms with van der Waals surface area (Å²) < 4.78 is 6.16. The first-order valence-electron chi connectivity index (χ1n) is 9.87. The van der Waals surface area contributed by atoms with Crippen molar-refractivity contribution in [3.05, 3.63) is 119 Å². The largest absolute Gasteiger partial charge is 0.423 e. The fourth-order valence-electron chi connectivity index (χ4n) is 3.58. The van der Waals surface area contributed by atoms with Crippen LogP contribution in [0, 0.1) is 0 Å². The van der Waals surface area contributed by atoms with Crippen LogP contribution in [-0.2, 0) is 18.4 Å².